The second kappa shape index (κ2) is 11.3. The number of piperidine rings is 2. The van der Waals surface area contributed by atoms with Gasteiger partial charge in [0.1, 0.15) is 0 Å². The molecule has 0 saturated carbocycles. The molecule has 1 aromatic carbocycles. The molecule has 2 saturated heterocycles. The van der Waals surface area contributed by atoms with Gasteiger partial charge in [-0.1, -0.05) is 32.0 Å². The summed E-state index contributed by atoms with van der Waals surface area (Å²) in [5.74, 6) is 0.355. The Morgan fingerprint density at radius 2 is 1.65 bits per heavy atom. The summed E-state index contributed by atoms with van der Waals surface area (Å²) in [7, 11) is 0. The fourth-order valence-corrected chi connectivity index (χ4v) is 4.87. The van der Waals surface area contributed by atoms with Gasteiger partial charge in [0.25, 0.3) is 5.91 Å². The average Bonchev–Trinajstić information content (AvgIpc) is 2.82. The van der Waals surface area contributed by atoms with Crippen LogP contribution in [-0.2, 0) is 9.59 Å². The SMILES string of the molecule is CCCC(=O)N1CCCC(C(=O)N(CCC)C2CCN(C(=O)c3ccccc3)CC2)C1. The first kappa shape index (κ1) is 23.3. The molecular weight excluding hydrogens is 390 g/mol. The van der Waals surface area contributed by atoms with Gasteiger partial charge < -0.3 is 14.7 Å². The Morgan fingerprint density at radius 3 is 2.29 bits per heavy atom. The Kier molecular flexibility index (Phi) is 8.50. The van der Waals surface area contributed by atoms with Gasteiger partial charge in [0.15, 0.2) is 0 Å². The molecule has 0 bridgehead atoms. The van der Waals surface area contributed by atoms with Gasteiger partial charge in [-0.15, -0.1) is 0 Å². The van der Waals surface area contributed by atoms with Crippen molar-refractivity contribution in [3.8, 4) is 0 Å². The number of carbonyl (C=O) groups excluding carboxylic acids is 3. The fraction of sp³-hybridized carbons (Fsp3) is 0.640. The first-order valence-corrected chi connectivity index (χ1v) is 12.0. The van der Waals surface area contributed by atoms with E-state index >= 15 is 0 Å². The average molecular weight is 428 g/mol. The van der Waals surface area contributed by atoms with Crippen LogP contribution in [0.3, 0.4) is 0 Å². The second-order valence-electron chi connectivity index (χ2n) is 8.85. The van der Waals surface area contributed by atoms with Gasteiger partial charge in [0.2, 0.25) is 11.8 Å². The molecule has 0 N–H and O–H groups in total. The minimum atomic E-state index is -0.0925. The lowest BCUT2D eigenvalue weighted by atomic mass is 9.93. The van der Waals surface area contributed by atoms with Gasteiger partial charge in [-0.05, 0) is 50.7 Å². The maximum absolute atomic E-state index is 13.5. The summed E-state index contributed by atoms with van der Waals surface area (Å²) in [6, 6.07) is 9.58. The largest absolute Gasteiger partial charge is 0.342 e. The number of hydrogen-bond acceptors (Lipinski definition) is 3. The van der Waals surface area contributed by atoms with Crippen molar-refractivity contribution < 1.29 is 14.4 Å². The van der Waals surface area contributed by atoms with E-state index < -0.39 is 0 Å². The molecule has 2 aliphatic heterocycles. The molecule has 0 radical (unpaired) electrons. The summed E-state index contributed by atoms with van der Waals surface area (Å²) in [5.41, 5.74) is 0.724. The first-order chi connectivity index (χ1) is 15.0. The topological polar surface area (TPSA) is 60.9 Å². The van der Waals surface area contributed by atoms with E-state index in [-0.39, 0.29) is 29.7 Å². The summed E-state index contributed by atoms with van der Waals surface area (Å²) < 4.78 is 0. The highest BCUT2D eigenvalue weighted by Crippen LogP contribution is 2.25. The van der Waals surface area contributed by atoms with Crippen LogP contribution >= 0.6 is 0 Å². The van der Waals surface area contributed by atoms with Crippen molar-refractivity contribution in [3.63, 3.8) is 0 Å². The minimum absolute atomic E-state index is 0.0739. The molecule has 0 aliphatic carbocycles. The third-order valence-electron chi connectivity index (χ3n) is 6.55. The molecule has 0 aromatic heterocycles. The molecule has 2 heterocycles. The minimum Gasteiger partial charge on any atom is -0.342 e. The number of carbonyl (C=O) groups is 3. The zero-order valence-corrected chi connectivity index (χ0v) is 19.1. The van der Waals surface area contributed by atoms with E-state index in [0.29, 0.717) is 26.1 Å². The fourth-order valence-electron chi connectivity index (χ4n) is 4.87. The van der Waals surface area contributed by atoms with Gasteiger partial charge in [-0.25, -0.2) is 0 Å². The molecule has 2 fully saturated rings. The van der Waals surface area contributed by atoms with E-state index in [1.807, 2.05) is 47.1 Å². The van der Waals surface area contributed by atoms with Crippen LogP contribution in [-0.4, -0.2) is 71.2 Å². The maximum Gasteiger partial charge on any atom is 0.253 e. The van der Waals surface area contributed by atoms with Crippen LogP contribution in [0.5, 0.6) is 0 Å². The Labute approximate surface area is 186 Å². The summed E-state index contributed by atoms with van der Waals surface area (Å²) in [6.45, 7) is 7.55. The number of amides is 3. The lowest BCUT2D eigenvalue weighted by Gasteiger charge is -2.41. The Hall–Kier alpha value is -2.37. The van der Waals surface area contributed by atoms with Crippen molar-refractivity contribution in [1.82, 2.24) is 14.7 Å². The van der Waals surface area contributed by atoms with Crippen LogP contribution in [0.4, 0.5) is 0 Å². The Morgan fingerprint density at radius 1 is 0.935 bits per heavy atom. The molecule has 31 heavy (non-hydrogen) atoms. The normalized spacial score (nSPS) is 19.9. The molecule has 1 atom stereocenters. The lowest BCUT2D eigenvalue weighted by molar-refractivity contribution is -0.143. The summed E-state index contributed by atoms with van der Waals surface area (Å²) in [6.07, 6.45) is 5.71. The number of rotatable bonds is 7. The van der Waals surface area contributed by atoms with Crippen molar-refractivity contribution in [1.29, 1.82) is 0 Å². The molecule has 3 rings (SSSR count). The zero-order valence-electron chi connectivity index (χ0n) is 19.1. The summed E-state index contributed by atoms with van der Waals surface area (Å²) >= 11 is 0. The number of likely N-dealkylation sites (tertiary alicyclic amines) is 2. The van der Waals surface area contributed by atoms with E-state index in [9.17, 15) is 14.4 Å². The second-order valence-corrected chi connectivity index (χ2v) is 8.85. The number of nitrogens with zero attached hydrogens (tertiary/aromatic N) is 3. The van der Waals surface area contributed by atoms with Crippen LogP contribution in [0.25, 0.3) is 0 Å². The molecule has 1 unspecified atom stereocenters. The molecule has 1 aromatic rings. The van der Waals surface area contributed by atoms with Crippen LogP contribution < -0.4 is 0 Å². The van der Waals surface area contributed by atoms with Gasteiger partial charge in [0, 0.05) is 50.7 Å². The van der Waals surface area contributed by atoms with E-state index in [2.05, 4.69) is 11.8 Å². The maximum atomic E-state index is 13.5. The Bertz CT molecular complexity index is 744. The van der Waals surface area contributed by atoms with E-state index in [4.69, 9.17) is 0 Å². The van der Waals surface area contributed by atoms with Gasteiger partial charge in [-0.2, -0.15) is 0 Å². The molecule has 170 valence electrons. The number of benzene rings is 1. The van der Waals surface area contributed by atoms with Crippen LogP contribution in [0.15, 0.2) is 30.3 Å². The predicted molar refractivity (Wildman–Crippen MR) is 122 cm³/mol. The van der Waals surface area contributed by atoms with Crippen molar-refractivity contribution in [2.45, 2.75) is 64.8 Å². The highest BCUT2D eigenvalue weighted by molar-refractivity contribution is 5.94. The van der Waals surface area contributed by atoms with Crippen molar-refractivity contribution in [2.24, 2.45) is 5.92 Å². The van der Waals surface area contributed by atoms with Crippen LogP contribution in [0, 0.1) is 5.92 Å². The van der Waals surface area contributed by atoms with E-state index in [1.165, 1.54) is 0 Å². The zero-order chi connectivity index (χ0) is 22.2. The molecular formula is C25H37N3O3. The first-order valence-electron chi connectivity index (χ1n) is 12.0. The Balaban J connectivity index is 1.60. The molecule has 6 heteroatoms. The highest BCUT2D eigenvalue weighted by atomic mass is 16.2. The van der Waals surface area contributed by atoms with Gasteiger partial charge in [0.05, 0.1) is 5.92 Å². The smallest absolute Gasteiger partial charge is 0.253 e. The quantitative estimate of drug-likeness (QED) is 0.668. The van der Waals surface area contributed by atoms with Crippen LogP contribution in [0.2, 0.25) is 0 Å². The van der Waals surface area contributed by atoms with Crippen molar-refractivity contribution in [3.05, 3.63) is 35.9 Å². The van der Waals surface area contributed by atoms with Gasteiger partial charge in [-0.3, -0.25) is 14.4 Å². The third-order valence-corrected chi connectivity index (χ3v) is 6.55. The number of hydrogen-bond donors (Lipinski definition) is 0. The highest BCUT2D eigenvalue weighted by Gasteiger charge is 2.35. The molecule has 6 nitrogen and oxygen atoms in total. The summed E-state index contributed by atoms with van der Waals surface area (Å²) in [5, 5.41) is 0. The van der Waals surface area contributed by atoms with E-state index in [1.54, 1.807) is 0 Å². The molecule has 2 aliphatic rings. The van der Waals surface area contributed by atoms with Crippen molar-refractivity contribution in [2.75, 3.05) is 32.7 Å². The standard InChI is InChI=1S/C25H37N3O3/c1-3-9-23(29)27-16-8-12-21(19-27)25(31)28(15-4-2)22-13-17-26(18-14-22)24(30)20-10-6-5-7-11-20/h5-7,10-11,21-22H,3-4,8-9,12-19H2,1-2H3. The molecule has 0 spiro atoms. The summed E-state index contributed by atoms with van der Waals surface area (Å²) in [4.78, 5) is 44.4. The third kappa shape index (κ3) is 5.86. The predicted octanol–water partition coefficient (Wildman–Crippen LogP) is 3.57. The molecule has 3 amide bonds. The van der Waals surface area contributed by atoms with Crippen LogP contribution in [0.1, 0.15) is 69.2 Å². The van der Waals surface area contributed by atoms with Crippen molar-refractivity contribution >= 4 is 17.7 Å². The lowest BCUT2D eigenvalue weighted by Crippen LogP contribution is -2.53. The van der Waals surface area contributed by atoms with E-state index in [0.717, 1.165) is 57.2 Å². The van der Waals surface area contributed by atoms with Gasteiger partial charge >= 0.3 is 0 Å². The monoisotopic (exact) mass is 427 g/mol.